The molecule has 86 valence electrons. The molecule has 0 spiro atoms. The Bertz CT molecular complexity index is 627. The molecule has 0 N–H and O–H groups in total. The number of hydrogen-bond acceptors (Lipinski definition) is 2. The lowest BCUT2D eigenvalue weighted by molar-refractivity contribution is 0.829. The number of nitrogens with zero attached hydrogens (tertiary/aromatic N) is 2. The van der Waals surface area contributed by atoms with Crippen LogP contribution in [-0.2, 0) is 0 Å². The van der Waals surface area contributed by atoms with Crippen LogP contribution in [0.5, 0.6) is 0 Å². The fourth-order valence-electron chi connectivity index (χ4n) is 1.66. The number of nitriles is 1. The first kappa shape index (κ1) is 12.2. The van der Waals surface area contributed by atoms with Crippen molar-refractivity contribution in [2.24, 2.45) is 0 Å². The first-order valence-corrected chi connectivity index (χ1v) is 5.98. The molecule has 1 aromatic heterocycles. The molecule has 4 heteroatoms. The number of fused-ring (bicyclic) bond motifs is 1. The maximum absolute atomic E-state index is 9.16. The van der Waals surface area contributed by atoms with E-state index in [4.69, 9.17) is 28.5 Å². The van der Waals surface area contributed by atoms with Gasteiger partial charge in [-0.15, -0.1) is 0 Å². The van der Waals surface area contributed by atoms with Crippen LogP contribution in [-0.4, -0.2) is 4.98 Å². The zero-order valence-electron chi connectivity index (χ0n) is 9.46. The molecule has 0 atom stereocenters. The molecule has 0 saturated heterocycles. The van der Waals surface area contributed by atoms with Crippen molar-refractivity contribution in [1.29, 1.82) is 5.26 Å². The molecule has 0 radical (unpaired) electrons. The van der Waals surface area contributed by atoms with E-state index >= 15 is 0 Å². The molecule has 2 nitrogen and oxygen atoms in total. The Balaban J connectivity index is 2.88. The molecular formula is C13H10Cl2N2. The highest BCUT2D eigenvalue weighted by molar-refractivity contribution is 6.38. The van der Waals surface area contributed by atoms with Crippen LogP contribution in [0.25, 0.3) is 10.9 Å². The van der Waals surface area contributed by atoms with Gasteiger partial charge in [0.2, 0.25) is 0 Å². The van der Waals surface area contributed by atoms with Crippen molar-refractivity contribution < 1.29 is 0 Å². The highest BCUT2D eigenvalue weighted by atomic mass is 35.5. The van der Waals surface area contributed by atoms with E-state index in [1.165, 1.54) is 0 Å². The minimum Gasteiger partial charge on any atom is -0.251 e. The molecule has 17 heavy (non-hydrogen) atoms. The average molecular weight is 265 g/mol. The van der Waals surface area contributed by atoms with Gasteiger partial charge in [0.15, 0.2) is 0 Å². The zero-order chi connectivity index (χ0) is 12.6. The maximum atomic E-state index is 9.16. The fraction of sp³-hybridized carbons (Fsp3) is 0.231. The summed E-state index contributed by atoms with van der Waals surface area (Å²) in [4.78, 5) is 4.48. The highest BCUT2D eigenvalue weighted by Crippen LogP contribution is 2.30. The Morgan fingerprint density at radius 2 is 1.94 bits per heavy atom. The summed E-state index contributed by atoms with van der Waals surface area (Å²) in [6.45, 7) is 4.05. The van der Waals surface area contributed by atoms with Crippen LogP contribution in [0.3, 0.4) is 0 Å². The number of rotatable bonds is 1. The van der Waals surface area contributed by atoms with Crippen molar-refractivity contribution >= 4 is 34.1 Å². The summed E-state index contributed by atoms with van der Waals surface area (Å²) in [6, 6.07) is 7.32. The van der Waals surface area contributed by atoms with Crippen LogP contribution in [0, 0.1) is 11.3 Å². The van der Waals surface area contributed by atoms with Crippen LogP contribution in [0.1, 0.15) is 31.0 Å². The topological polar surface area (TPSA) is 36.7 Å². The van der Waals surface area contributed by atoms with E-state index in [0.717, 1.165) is 5.69 Å². The van der Waals surface area contributed by atoms with Crippen LogP contribution in [0.4, 0.5) is 0 Å². The predicted octanol–water partition coefficient (Wildman–Crippen LogP) is 4.54. The molecule has 0 amide bonds. The van der Waals surface area contributed by atoms with Gasteiger partial charge in [-0.1, -0.05) is 37.0 Å². The first-order valence-electron chi connectivity index (χ1n) is 5.22. The third-order valence-corrected chi connectivity index (χ3v) is 3.07. The van der Waals surface area contributed by atoms with Crippen molar-refractivity contribution in [3.05, 3.63) is 39.5 Å². The second kappa shape index (κ2) is 4.52. The lowest BCUT2D eigenvalue weighted by Gasteiger charge is -2.09. The van der Waals surface area contributed by atoms with Gasteiger partial charge in [-0.25, -0.2) is 0 Å². The summed E-state index contributed by atoms with van der Waals surface area (Å²) in [5, 5.41) is 10.9. The molecule has 0 unspecified atom stereocenters. The maximum Gasteiger partial charge on any atom is 0.0999 e. The van der Waals surface area contributed by atoms with Crippen molar-refractivity contribution in [2.75, 3.05) is 0 Å². The normalized spacial score (nSPS) is 10.8. The number of aromatic nitrogens is 1. The molecule has 1 aromatic carbocycles. The molecule has 1 heterocycles. The lowest BCUT2D eigenvalue weighted by Crippen LogP contribution is -1.96. The summed E-state index contributed by atoms with van der Waals surface area (Å²) >= 11 is 12.0. The van der Waals surface area contributed by atoms with Gasteiger partial charge in [0, 0.05) is 16.1 Å². The van der Waals surface area contributed by atoms with Gasteiger partial charge >= 0.3 is 0 Å². The van der Waals surface area contributed by atoms with Crippen molar-refractivity contribution in [3.8, 4) is 6.07 Å². The summed E-state index contributed by atoms with van der Waals surface area (Å²) < 4.78 is 0. The number of benzene rings is 1. The molecule has 0 bridgehead atoms. The Kier molecular flexibility index (Phi) is 3.24. The van der Waals surface area contributed by atoms with Gasteiger partial charge in [0.25, 0.3) is 0 Å². The Morgan fingerprint density at radius 1 is 1.24 bits per heavy atom. The molecule has 2 aromatic rings. The highest BCUT2D eigenvalue weighted by Gasteiger charge is 2.11. The van der Waals surface area contributed by atoms with E-state index in [1.807, 2.05) is 13.8 Å². The largest absolute Gasteiger partial charge is 0.251 e. The first-order chi connectivity index (χ1) is 8.02. The molecule has 0 aliphatic rings. The third kappa shape index (κ3) is 2.22. The smallest absolute Gasteiger partial charge is 0.0999 e. The monoisotopic (exact) mass is 264 g/mol. The van der Waals surface area contributed by atoms with E-state index in [9.17, 15) is 0 Å². The van der Waals surface area contributed by atoms with Gasteiger partial charge in [0.1, 0.15) is 0 Å². The van der Waals surface area contributed by atoms with Gasteiger partial charge in [-0.3, -0.25) is 4.98 Å². The van der Waals surface area contributed by atoms with Crippen LogP contribution in [0.15, 0.2) is 18.2 Å². The van der Waals surface area contributed by atoms with E-state index in [1.54, 1.807) is 18.2 Å². The molecule has 0 saturated carbocycles. The minimum atomic E-state index is 0.248. The molecule has 0 aliphatic carbocycles. The average Bonchev–Trinajstić information content (AvgIpc) is 2.27. The zero-order valence-corrected chi connectivity index (χ0v) is 11.0. The van der Waals surface area contributed by atoms with Crippen molar-refractivity contribution in [1.82, 2.24) is 4.98 Å². The van der Waals surface area contributed by atoms with E-state index in [2.05, 4.69) is 11.1 Å². The Labute approximate surface area is 110 Å². The standard InChI is InChI=1S/C13H10Cl2N2/c1-7(2)12-3-8(6-16)10-4-9(14)5-11(15)13(10)17-12/h3-5,7H,1-2H3. The van der Waals surface area contributed by atoms with E-state index in [-0.39, 0.29) is 5.92 Å². The summed E-state index contributed by atoms with van der Waals surface area (Å²) in [5.74, 6) is 0.248. The van der Waals surface area contributed by atoms with E-state index < -0.39 is 0 Å². The van der Waals surface area contributed by atoms with Gasteiger partial charge in [-0.05, 0) is 24.1 Å². The van der Waals surface area contributed by atoms with E-state index in [0.29, 0.717) is 26.5 Å². The van der Waals surface area contributed by atoms with Crippen molar-refractivity contribution in [2.45, 2.75) is 19.8 Å². The Morgan fingerprint density at radius 3 is 2.53 bits per heavy atom. The van der Waals surface area contributed by atoms with Gasteiger partial charge in [0.05, 0.1) is 22.2 Å². The molecule has 0 fully saturated rings. The Hall–Kier alpha value is -1.30. The second-order valence-corrected chi connectivity index (χ2v) is 4.99. The predicted molar refractivity (Wildman–Crippen MR) is 70.6 cm³/mol. The van der Waals surface area contributed by atoms with Gasteiger partial charge < -0.3 is 0 Å². The van der Waals surface area contributed by atoms with Crippen LogP contribution >= 0.6 is 23.2 Å². The third-order valence-electron chi connectivity index (χ3n) is 2.56. The summed E-state index contributed by atoms with van der Waals surface area (Å²) in [5.41, 5.74) is 2.06. The SMILES string of the molecule is CC(C)c1cc(C#N)c2cc(Cl)cc(Cl)c2n1. The van der Waals surface area contributed by atoms with Crippen LogP contribution in [0.2, 0.25) is 10.0 Å². The molecule has 0 aliphatic heterocycles. The molecule has 2 rings (SSSR count). The number of pyridine rings is 1. The quantitative estimate of drug-likeness (QED) is 0.759. The summed E-state index contributed by atoms with van der Waals surface area (Å²) in [7, 11) is 0. The number of hydrogen-bond donors (Lipinski definition) is 0. The lowest BCUT2D eigenvalue weighted by atomic mass is 10.0. The van der Waals surface area contributed by atoms with Crippen LogP contribution < -0.4 is 0 Å². The fourth-order valence-corrected chi connectivity index (χ4v) is 2.20. The second-order valence-electron chi connectivity index (χ2n) is 4.14. The van der Waals surface area contributed by atoms with Gasteiger partial charge in [-0.2, -0.15) is 5.26 Å². The van der Waals surface area contributed by atoms with Crippen molar-refractivity contribution in [3.63, 3.8) is 0 Å². The summed E-state index contributed by atoms with van der Waals surface area (Å²) in [6.07, 6.45) is 0. The molecular weight excluding hydrogens is 255 g/mol. The number of halogens is 2. The minimum absolute atomic E-state index is 0.248.